The van der Waals surface area contributed by atoms with E-state index in [1.165, 1.54) is 12.1 Å². The van der Waals surface area contributed by atoms with Gasteiger partial charge in [-0.05, 0) is 54.3 Å². The molecular formula is C22H22ClFN2O. The summed E-state index contributed by atoms with van der Waals surface area (Å²) in [5.74, 6) is -0.124. The second kappa shape index (κ2) is 7.83. The van der Waals surface area contributed by atoms with Gasteiger partial charge in [-0.25, -0.2) is 4.39 Å². The third-order valence-corrected chi connectivity index (χ3v) is 5.67. The molecular weight excluding hydrogens is 363 g/mol. The van der Waals surface area contributed by atoms with Gasteiger partial charge in [0.05, 0.1) is 0 Å². The summed E-state index contributed by atoms with van der Waals surface area (Å²) in [4.78, 5) is 17.2. The molecule has 2 aromatic rings. The Balaban J connectivity index is 1.39. The van der Waals surface area contributed by atoms with Gasteiger partial charge in [0.2, 0.25) is 5.91 Å². The average molecular weight is 385 g/mol. The van der Waals surface area contributed by atoms with Crippen molar-refractivity contribution in [1.29, 1.82) is 0 Å². The highest BCUT2D eigenvalue weighted by Gasteiger charge is 2.41. The van der Waals surface area contributed by atoms with Crippen molar-refractivity contribution in [3.63, 3.8) is 0 Å². The maximum atomic E-state index is 13.1. The Labute approximate surface area is 164 Å². The molecule has 0 spiro atoms. The number of nitrogens with zero attached hydrogens (tertiary/aromatic N) is 2. The number of amides is 1. The van der Waals surface area contributed by atoms with Crippen molar-refractivity contribution in [3.05, 3.63) is 76.6 Å². The number of carbonyl (C=O) groups excluding carboxylic acids is 1. The highest BCUT2D eigenvalue weighted by Crippen LogP contribution is 2.31. The van der Waals surface area contributed by atoms with Crippen molar-refractivity contribution in [1.82, 2.24) is 9.80 Å². The molecule has 2 aliphatic rings. The molecule has 2 heterocycles. The molecule has 1 amide bonds. The Morgan fingerprint density at radius 2 is 1.67 bits per heavy atom. The molecule has 4 rings (SSSR count). The first-order valence-corrected chi connectivity index (χ1v) is 9.69. The Kier molecular flexibility index (Phi) is 5.28. The monoisotopic (exact) mass is 384 g/mol. The molecule has 0 aliphatic carbocycles. The number of benzene rings is 2. The van der Waals surface area contributed by atoms with Crippen LogP contribution in [0.15, 0.2) is 54.6 Å². The summed E-state index contributed by atoms with van der Waals surface area (Å²) in [6.07, 6.45) is 5.61. The first kappa shape index (κ1) is 18.2. The number of hydrogen-bond acceptors (Lipinski definition) is 2. The van der Waals surface area contributed by atoms with E-state index < -0.39 is 0 Å². The molecule has 2 unspecified atom stereocenters. The van der Waals surface area contributed by atoms with Crippen molar-refractivity contribution < 1.29 is 9.18 Å². The molecule has 2 atom stereocenters. The minimum absolute atomic E-state index is 0.0823. The number of halogens is 2. The van der Waals surface area contributed by atoms with E-state index in [4.69, 9.17) is 11.6 Å². The first-order chi connectivity index (χ1) is 13.1. The summed E-state index contributed by atoms with van der Waals surface area (Å²) in [7, 11) is 0. The van der Waals surface area contributed by atoms with Crippen LogP contribution < -0.4 is 0 Å². The molecule has 2 saturated heterocycles. The molecule has 5 heteroatoms. The van der Waals surface area contributed by atoms with E-state index in [1.807, 2.05) is 47.4 Å². The van der Waals surface area contributed by atoms with Crippen molar-refractivity contribution in [3.8, 4) is 0 Å². The molecule has 2 aliphatic heterocycles. The standard InChI is InChI=1S/C22H22ClFN2O/c23-18-6-1-16(2-7-18)5-12-22(27)26-20-10-11-21(26)15-25(14-20)13-17-3-8-19(24)9-4-17/h1-9,12,20-21H,10-11,13-15H2/b12-5+. The van der Waals surface area contributed by atoms with Crippen LogP contribution in [0.3, 0.4) is 0 Å². The zero-order valence-corrected chi connectivity index (χ0v) is 15.8. The normalized spacial score (nSPS) is 22.5. The summed E-state index contributed by atoms with van der Waals surface area (Å²) < 4.78 is 13.1. The SMILES string of the molecule is O=C(/C=C/c1ccc(Cl)cc1)N1C2CCC1CN(Cc1ccc(F)cc1)C2. The number of carbonyl (C=O) groups is 1. The summed E-state index contributed by atoms with van der Waals surface area (Å²) in [6.45, 7) is 2.54. The highest BCUT2D eigenvalue weighted by atomic mass is 35.5. The van der Waals surface area contributed by atoms with Gasteiger partial charge in [-0.2, -0.15) is 0 Å². The molecule has 2 fully saturated rings. The van der Waals surface area contributed by atoms with Crippen LogP contribution in [0.5, 0.6) is 0 Å². The van der Waals surface area contributed by atoms with E-state index in [0.717, 1.165) is 43.6 Å². The fraction of sp³-hybridized carbons (Fsp3) is 0.318. The number of rotatable bonds is 4. The Bertz CT molecular complexity index is 820. The van der Waals surface area contributed by atoms with E-state index in [1.54, 1.807) is 6.08 Å². The van der Waals surface area contributed by atoms with Crippen LogP contribution in [-0.4, -0.2) is 40.9 Å². The minimum Gasteiger partial charge on any atom is -0.331 e. The fourth-order valence-corrected chi connectivity index (χ4v) is 4.28. The zero-order chi connectivity index (χ0) is 18.8. The van der Waals surface area contributed by atoms with Gasteiger partial charge in [-0.15, -0.1) is 0 Å². The smallest absolute Gasteiger partial charge is 0.247 e. The predicted molar refractivity (Wildman–Crippen MR) is 106 cm³/mol. The van der Waals surface area contributed by atoms with Gasteiger partial charge in [0.1, 0.15) is 5.82 Å². The van der Waals surface area contributed by atoms with Crippen LogP contribution in [0.25, 0.3) is 6.08 Å². The number of piperazine rings is 1. The first-order valence-electron chi connectivity index (χ1n) is 9.31. The average Bonchev–Trinajstić information content (AvgIpc) is 2.94. The van der Waals surface area contributed by atoms with E-state index in [2.05, 4.69) is 4.90 Å². The quantitative estimate of drug-likeness (QED) is 0.731. The maximum absolute atomic E-state index is 13.1. The topological polar surface area (TPSA) is 23.6 Å². The van der Waals surface area contributed by atoms with Crippen LogP contribution in [0, 0.1) is 5.82 Å². The molecule has 27 heavy (non-hydrogen) atoms. The molecule has 2 aromatic carbocycles. The van der Waals surface area contributed by atoms with Gasteiger partial charge in [-0.1, -0.05) is 35.9 Å². The molecule has 0 radical (unpaired) electrons. The number of fused-ring (bicyclic) bond motifs is 2. The number of likely N-dealkylation sites (tertiary alicyclic amines) is 1. The third-order valence-electron chi connectivity index (χ3n) is 5.42. The summed E-state index contributed by atoms with van der Waals surface area (Å²) in [6, 6.07) is 14.7. The van der Waals surface area contributed by atoms with Gasteiger partial charge in [0, 0.05) is 42.8 Å². The minimum atomic E-state index is -0.207. The zero-order valence-electron chi connectivity index (χ0n) is 15.0. The molecule has 2 bridgehead atoms. The van der Waals surface area contributed by atoms with Gasteiger partial charge < -0.3 is 4.90 Å². The van der Waals surface area contributed by atoms with Crippen molar-refractivity contribution in [2.24, 2.45) is 0 Å². The lowest BCUT2D eigenvalue weighted by Gasteiger charge is -2.40. The van der Waals surface area contributed by atoms with E-state index in [0.29, 0.717) is 5.02 Å². The van der Waals surface area contributed by atoms with Gasteiger partial charge in [0.15, 0.2) is 0 Å². The van der Waals surface area contributed by atoms with E-state index in [-0.39, 0.29) is 23.8 Å². The van der Waals surface area contributed by atoms with Gasteiger partial charge in [-0.3, -0.25) is 9.69 Å². The summed E-state index contributed by atoms with van der Waals surface area (Å²) >= 11 is 5.90. The van der Waals surface area contributed by atoms with Gasteiger partial charge in [0.25, 0.3) is 0 Å². The van der Waals surface area contributed by atoms with Crippen molar-refractivity contribution >= 4 is 23.6 Å². The Hall–Kier alpha value is -2.17. The van der Waals surface area contributed by atoms with Crippen LogP contribution in [0.4, 0.5) is 4.39 Å². The van der Waals surface area contributed by atoms with Crippen molar-refractivity contribution in [2.45, 2.75) is 31.5 Å². The molecule has 0 aromatic heterocycles. The number of hydrogen-bond donors (Lipinski definition) is 0. The fourth-order valence-electron chi connectivity index (χ4n) is 4.15. The highest BCUT2D eigenvalue weighted by molar-refractivity contribution is 6.30. The van der Waals surface area contributed by atoms with Crippen LogP contribution in [0.1, 0.15) is 24.0 Å². The van der Waals surface area contributed by atoms with Crippen LogP contribution in [0.2, 0.25) is 5.02 Å². The second-order valence-electron chi connectivity index (χ2n) is 7.34. The molecule has 3 nitrogen and oxygen atoms in total. The van der Waals surface area contributed by atoms with E-state index >= 15 is 0 Å². The summed E-state index contributed by atoms with van der Waals surface area (Å²) in [5.41, 5.74) is 2.08. The van der Waals surface area contributed by atoms with Crippen molar-refractivity contribution in [2.75, 3.05) is 13.1 Å². The van der Waals surface area contributed by atoms with E-state index in [9.17, 15) is 9.18 Å². The summed E-state index contributed by atoms with van der Waals surface area (Å²) in [5, 5.41) is 0.689. The Morgan fingerprint density at radius 1 is 1.04 bits per heavy atom. The molecule has 0 N–H and O–H groups in total. The second-order valence-corrected chi connectivity index (χ2v) is 7.77. The van der Waals surface area contributed by atoms with Gasteiger partial charge >= 0.3 is 0 Å². The van der Waals surface area contributed by atoms with Crippen LogP contribution in [-0.2, 0) is 11.3 Å². The largest absolute Gasteiger partial charge is 0.331 e. The Morgan fingerprint density at radius 3 is 2.30 bits per heavy atom. The third kappa shape index (κ3) is 4.23. The lowest BCUT2D eigenvalue weighted by molar-refractivity contribution is -0.131. The molecule has 140 valence electrons. The lowest BCUT2D eigenvalue weighted by atomic mass is 10.1. The van der Waals surface area contributed by atoms with Crippen LogP contribution >= 0.6 is 11.6 Å². The lowest BCUT2D eigenvalue weighted by Crippen LogP contribution is -2.55. The maximum Gasteiger partial charge on any atom is 0.247 e. The molecule has 0 saturated carbocycles. The predicted octanol–water partition coefficient (Wildman–Crippen LogP) is 4.37.